The number of rotatable bonds is 7. The zero-order valence-corrected chi connectivity index (χ0v) is 15.9. The van der Waals surface area contributed by atoms with Crippen LogP contribution in [0.3, 0.4) is 0 Å². The lowest BCUT2D eigenvalue weighted by Crippen LogP contribution is -2.48. The van der Waals surface area contributed by atoms with E-state index in [0.717, 1.165) is 5.56 Å². The number of nitro groups is 1. The third-order valence-electron chi connectivity index (χ3n) is 4.29. The van der Waals surface area contributed by atoms with Crippen LogP contribution >= 0.6 is 0 Å². The number of anilines is 2. The van der Waals surface area contributed by atoms with Crippen molar-refractivity contribution in [3.63, 3.8) is 0 Å². The second kappa shape index (κ2) is 9.00. The number of benzene rings is 1. The Morgan fingerprint density at radius 3 is 2.90 bits per heavy atom. The van der Waals surface area contributed by atoms with E-state index in [4.69, 9.17) is 4.74 Å². The predicted octanol–water partition coefficient (Wildman–Crippen LogP) is 1.64. The molecule has 0 bridgehead atoms. The van der Waals surface area contributed by atoms with Gasteiger partial charge in [-0.2, -0.15) is 0 Å². The first kappa shape index (κ1) is 20.1. The number of aromatic nitrogens is 1. The molecule has 3 rings (SSSR count). The summed E-state index contributed by atoms with van der Waals surface area (Å²) >= 11 is 0. The highest BCUT2D eigenvalue weighted by molar-refractivity contribution is 5.90. The molecule has 0 atom stereocenters. The Morgan fingerprint density at radius 2 is 2.21 bits per heavy atom. The number of nitrogens with zero attached hydrogens (tertiary/aromatic N) is 3. The molecular weight excluding hydrogens is 378 g/mol. The van der Waals surface area contributed by atoms with Gasteiger partial charge in [0.05, 0.1) is 36.4 Å². The van der Waals surface area contributed by atoms with Crippen molar-refractivity contribution >= 4 is 29.0 Å². The van der Waals surface area contributed by atoms with Gasteiger partial charge in [-0.1, -0.05) is 6.07 Å². The Labute approximate surface area is 167 Å². The van der Waals surface area contributed by atoms with Gasteiger partial charge in [0, 0.05) is 19.2 Å². The molecule has 0 unspecified atom stereocenters. The Morgan fingerprint density at radius 1 is 1.38 bits per heavy atom. The number of nitrogens with one attached hydrogen (secondary N) is 2. The molecule has 10 nitrogen and oxygen atoms in total. The maximum atomic E-state index is 12.1. The fraction of sp³-hybridized carbons (Fsp3) is 0.316. The summed E-state index contributed by atoms with van der Waals surface area (Å²) in [7, 11) is 0. The summed E-state index contributed by atoms with van der Waals surface area (Å²) < 4.78 is 5.43. The van der Waals surface area contributed by atoms with Gasteiger partial charge in [0.2, 0.25) is 11.8 Å². The standard InChI is InChI=1S/C19H21N5O5/c1-13-2-4-15(24(27)28)16(10-13)29-9-6-18(25)22-14-3-5-17(21-11-14)23-8-7-20-19(26)12-23/h2-5,10-11H,6-9,12H2,1H3,(H,20,26)(H,22,25). The van der Waals surface area contributed by atoms with E-state index in [1.165, 1.54) is 12.3 Å². The van der Waals surface area contributed by atoms with Crippen molar-refractivity contribution in [3.8, 4) is 5.75 Å². The van der Waals surface area contributed by atoms with Crippen molar-refractivity contribution < 1.29 is 19.2 Å². The third kappa shape index (κ3) is 5.41. The average Bonchev–Trinajstić information content (AvgIpc) is 2.68. The minimum atomic E-state index is -0.520. The molecule has 29 heavy (non-hydrogen) atoms. The first-order valence-electron chi connectivity index (χ1n) is 9.08. The van der Waals surface area contributed by atoms with Crippen LogP contribution in [0, 0.1) is 17.0 Å². The van der Waals surface area contributed by atoms with Crippen LogP contribution in [0.2, 0.25) is 0 Å². The van der Waals surface area contributed by atoms with E-state index < -0.39 is 4.92 Å². The second-order valence-corrected chi connectivity index (χ2v) is 6.55. The third-order valence-corrected chi connectivity index (χ3v) is 4.29. The van der Waals surface area contributed by atoms with Gasteiger partial charge >= 0.3 is 5.69 Å². The maximum Gasteiger partial charge on any atom is 0.310 e. The van der Waals surface area contributed by atoms with Crippen LogP contribution in [0.5, 0.6) is 5.75 Å². The smallest absolute Gasteiger partial charge is 0.310 e. The summed E-state index contributed by atoms with van der Waals surface area (Å²) in [5, 5.41) is 16.5. The fourth-order valence-corrected chi connectivity index (χ4v) is 2.85. The van der Waals surface area contributed by atoms with Gasteiger partial charge in [0.25, 0.3) is 0 Å². The van der Waals surface area contributed by atoms with E-state index in [1.54, 1.807) is 31.2 Å². The number of carbonyl (C=O) groups excluding carboxylic acids is 2. The van der Waals surface area contributed by atoms with E-state index in [9.17, 15) is 19.7 Å². The molecule has 1 saturated heterocycles. The molecule has 1 aliphatic heterocycles. The van der Waals surface area contributed by atoms with Gasteiger partial charge < -0.3 is 20.3 Å². The van der Waals surface area contributed by atoms with Gasteiger partial charge in [0.15, 0.2) is 5.75 Å². The number of hydrogen-bond donors (Lipinski definition) is 2. The van der Waals surface area contributed by atoms with Crippen molar-refractivity contribution in [2.24, 2.45) is 0 Å². The van der Waals surface area contributed by atoms with E-state index in [0.29, 0.717) is 24.6 Å². The van der Waals surface area contributed by atoms with Crippen molar-refractivity contribution in [2.45, 2.75) is 13.3 Å². The number of amides is 2. The van der Waals surface area contributed by atoms with Crippen LogP contribution in [-0.4, -0.2) is 48.0 Å². The molecule has 0 spiro atoms. The largest absolute Gasteiger partial charge is 0.486 e. The second-order valence-electron chi connectivity index (χ2n) is 6.55. The molecule has 1 aliphatic rings. The van der Waals surface area contributed by atoms with Crippen molar-refractivity contribution in [1.29, 1.82) is 0 Å². The summed E-state index contributed by atoms with van der Waals surface area (Å²) in [6.45, 7) is 3.30. The summed E-state index contributed by atoms with van der Waals surface area (Å²) in [4.78, 5) is 40.2. The topological polar surface area (TPSA) is 127 Å². The number of nitro benzene ring substituents is 1. The molecule has 152 valence electrons. The van der Waals surface area contributed by atoms with E-state index in [2.05, 4.69) is 15.6 Å². The van der Waals surface area contributed by atoms with E-state index >= 15 is 0 Å². The summed E-state index contributed by atoms with van der Waals surface area (Å²) in [5.74, 6) is 0.448. The highest BCUT2D eigenvalue weighted by Crippen LogP contribution is 2.27. The molecule has 2 amide bonds. The Kier molecular flexibility index (Phi) is 6.22. The summed E-state index contributed by atoms with van der Waals surface area (Å²) in [5.41, 5.74) is 1.20. The lowest BCUT2D eigenvalue weighted by molar-refractivity contribution is -0.385. The SMILES string of the molecule is Cc1ccc([N+](=O)[O-])c(OCCC(=O)Nc2ccc(N3CCNC(=O)C3)nc2)c1. The highest BCUT2D eigenvalue weighted by atomic mass is 16.6. The number of aryl methyl sites for hydroxylation is 1. The van der Waals surface area contributed by atoms with Crippen LogP contribution in [0.1, 0.15) is 12.0 Å². The predicted molar refractivity (Wildman–Crippen MR) is 106 cm³/mol. The molecule has 1 fully saturated rings. The number of ether oxygens (including phenoxy) is 1. The minimum Gasteiger partial charge on any atom is -0.486 e. The number of pyridine rings is 1. The van der Waals surface area contributed by atoms with Crippen LogP contribution in [0.4, 0.5) is 17.2 Å². The molecule has 1 aromatic carbocycles. The molecule has 10 heteroatoms. The number of hydrogen-bond acceptors (Lipinski definition) is 7. The van der Waals surface area contributed by atoms with Crippen molar-refractivity contribution in [1.82, 2.24) is 10.3 Å². The molecular formula is C19H21N5O5. The lowest BCUT2D eigenvalue weighted by atomic mass is 10.2. The molecule has 2 aromatic rings. The quantitative estimate of drug-likeness (QED) is 0.535. The zero-order chi connectivity index (χ0) is 20.8. The normalized spacial score (nSPS) is 13.6. The Balaban J connectivity index is 1.50. The van der Waals surface area contributed by atoms with Gasteiger partial charge in [-0.3, -0.25) is 19.7 Å². The number of piperazine rings is 1. The van der Waals surface area contributed by atoms with E-state index in [-0.39, 0.29) is 42.8 Å². The minimum absolute atomic E-state index is 0.00449. The van der Waals surface area contributed by atoms with E-state index in [1.807, 2.05) is 4.90 Å². The highest BCUT2D eigenvalue weighted by Gasteiger charge is 2.18. The molecule has 0 radical (unpaired) electrons. The Bertz CT molecular complexity index is 916. The van der Waals surface area contributed by atoms with Crippen molar-refractivity contribution in [3.05, 3.63) is 52.2 Å². The van der Waals surface area contributed by atoms with Gasteiger partial charge in [-0.05, 0) is 30.7 Å². The van der Waals surface area contributed by atoms with Crippen LogP contribution in [0.25, 0.3) is 0 Å². The summed E-state index contributed by atoms with van der Waals surface area (Å²) in [6, 6.07) is 8.02. The Hall–Kier alpha value is -3.69. The fourth-order valence-electron chi connectivity index (χ4n) is 2.85. The maximum absolute atomic E-state index is 12.1. The first-order valence-corrected chi connectivity index (χ1v) is 9.08. The molecule has 0 saturated carbocycles. The van der Waals surface area contributed by atoms with Crippen LogP contribution < -0.4 is 20.3 Å². The van der Waals surface area contributed by atoms with Gasteiger partial charge in [-0.25, -0.2) is 4.98 Å². The van der Waals surface area contributed by atoms with Gasteiger partial charge in [-0.15, -0.1) is 0 Å². The zero-order valence-electron chi connectivity index (χ0n) is 15.9. The first-order chi connectivity index (χ1) is 13.9. The molecule has 2 heterocycles. The molecule has 2 N–H and O–H groups in total. The monoisotopic (exact) mass is 399 g/mol. The van der Waals surface area contributed by atoms with Crippen LogP contribution in [-0.2, 0) is 9.59 Å². The number of carbonyl (C=O) groups is 2. The van der Waals surface area contributed by atoms with Crippen molar-refractivity contribution in [2.75, 3.05) is 36.5 Å². The average molecular weight is 399 g/mol. The van der Waals surface area contributed by atoms with Gasteiger partial charge in [0.1, 0.15) is 5.82 Å². The van der Waals surface area contributed by atoms with Crippen LogP contribution in [0.15, 0.2) is 36.5 Å². The lowest BCUT2D eigenvalue weighted by Gasteiger charge is -2.27. The molecule has 0 aliphatic carbocycles. The molecule has 1 aromatic heterocycles. The summed E-state index contributed by atoms with van der Waals surface area (Å²) in [6.07, 6.45) is 1.55.